The molecule has 2 aromatic rings. The molecule has 0 bridgehead atoms. The van der Waals surface area contributed by atoms with Crippen LogP contribution in [0.3, 0.4) is 0 Å². The topological polar surface area (TPSA) is 72.8 Å². The van der Waals surface area contributed by atoms with Crippen molar-refractivity contribution in [1.29, 1.82) is 0 Å². The molecule has 3 N–H and O–H groups in total. The summed E-state index contributed by atoms with van der Waals surface area (Å²) in [5.74, 6) is -0.514. The Balaban J connectivity index is 1.51. The number of likely N-dealkylation sites (N-methyl/N-ethyl adjacent to an activating group) is 1. The lowest BCUT2D eigenvalue weighted by atomic mass is 9.88. The van der Waals surface area contributed by atoms with Crippen LogP contribution in [0.4, 0.5) is 13.2 Å². The number of carbonyl (C=O) groups is 1. The minimum atomic E-state index is -4.56. The van der Waals surface area contributed by atoms with E-state index in [1.807, 2.05) is 0 Å². The second kappa shape index (κ2) is 12.0. The van der Waals surface area contributed by atoms with Gasteiger partial charge in [0.2, 0.25) is 0 Å². The van der Waals surface area contributed by atoms with Gasteiger partial charge in [-0.1, -0.05) is 30.3 Å². The zero-order chi connectivity index (χ0) is 26.5. The number of aliphatic hydroxyl groups excluding tert-OH is 1. The number of aryl methyl sites for hydroxylation is 1. The summed E-state index contributed by atoms with van der Waals surface area (Å²) in [5, 5.41) is 22.8. The molecule has 9 heteroatoms. The lowest BCUT2D eigenvalue weighted by molar-refractivity contribution is -0.139. The van der Waals surface area contributed by atoms with Crippen molar-refractivity contribution in [2.45, 2.75) is 68.7 Å². The fourth-order valence-electron chi connectivity index (χ4n) is 4.83. The predicted molar refractivity (Wildman–Crippen MR) is 136 cm³/mol. The summed E-state index contributed by atoms with van der Waals surface area (Å²) >= 11 is 0.920. The summed E-state index contributed by atoms with van der Waals surface area (Å²) in [4.78, 5) is 10.8. The minimum absolute atomic E-state index is 0.0189. The van der Waals surface area contributed by atoms with Crippen molar-refractivity contribution in [2.75, 3.05) is 20.1 Å². The summed E-state index contributed by atoms with van der Waals surface area (Å²) in [7, 11) is 1.65. The Morgan fingerprint density at radius 1 is 1.17 bits per heavy atom. The fourth-order valence-corrected chi connectivity index (χ4v) is 5.82. The molecule has 0 amide bonds. The standard InChI is InChI=1S/C27H35F3N2O3S/c1-26(2,15-19-12-20-6-4-5-7-21(20)13-19)31-16-22(33)17-32(3)36-24-10-8-18(9-11-25(34)35)14-23(24)27(28,29)30/h4-8,10,14,19,22,31,33H,9,11-13,15-17H2,1-3H3,(H,34,35)/t22-/m1/s1. The van der Waals surface area contributed by atoms with E-state index in [2.05, 4.69) is 43.4 Å². The van der Waals surface area contributed by atoms with Crippen LogP contribution < -0.4 is 5.32 Å². The molecule has 0 heterocycles. The molecule has 36 heavy (non-hydrogen) atoms. The number of carboxylic acids is 1. The third-order valence-corrected chi connectivity index (χ3v) is 7.46. The molecule has 1 aliphatic rings. The van der Waals surface area contributed by atoms with Crippen LogP contribution in [0.15, 0.2) is 47.4 Å². The van der Waals surface area contributed by atoms with E-state index in [1.165, 1.54) is 23.3 Å². The molecule has 0 saturated carbocycles. The van der Waals surface area contributed by atoms with E-state index in [1.54, 1.807) is 11.4 Å². The normalized spacial score (nSPS) is 15.3. The van der Waals surface area contributed by atoms with Crippen molar-refractivity contribution in [2.24, 2.45) is 5.92 Å². The van der Waals surface area contributed by atoms with Crippen LogP contribution in [0.25, 0.3) is 0 Å². The number of aliphatic hydroxyl groups is 1. The molecule has 1 atom stereocenters. The van der Waals surface area contributed by atoms with Crippen LogP contribution in [0.2, 0.25) is 0 Å². The van der Waals surface area contributed by atoms with E-state index in [0.29, 0.717) is 18.0 Å². The van der Waals surface area contributed by atoms with Crippen LogP contribution in [-0.2, 0) is 30.2 Å². The third kappa shape index (κ3) is 8.50. The molecular formula is C27H35F3N2O3S. The van der Waals surface area contributed by atoms with E-state index in [-0.39, 0.29) is 29.8 Å². The molecule has 0 saturated heterocycles. The molecule has 0 spiro atoms. The molecule has 0 radical (unpaired) electrons. The van der Waals surface area contributed by atoms with Crippen molar-refractivity contribution in [3.8, 4) is 0 Å². The first kappa shape index (κ1) is 28.5. The number of hydrogen-bond acceptors (Lipinski definition) is 5. The van der Waals surface area contributed by atoms with Gasteiger partial charge in [0, 0.05) is 29.9 Å². The first-order chi connectivity index (χ1) is 16.8. The first-order valence-corrected chi connectivity index (χ1v) is 12.9. The summed E-state index contributed by atoms with van der Waals surface area (Å²) < 4.78 is 42.5. The van der Waals surface area contributed by atoms with Gasteiger partial charge in [-0.3, -0.25) is 4.79 Å². The highest BCUT2D eigenvalue weighted by atomic mass is 32.2. The van der Waals surface area contributed by atoms with Crippen LogP contribution in [-0.4, -0.2) is 52.3 Å². The number of alkyl halides is 3. The van der Waals surface area contributed by atoms with E-state index in [9.17, 15) is 23.1 Å². The largest absolute Gasteiger partial charge is 0.481 e. The van der Waals surface area contributed by atoms with Crippen molar-refractivity contribution in [3.05, 3.63) is 64.7 Å². The van der Waals surface area contributed by atoms with Gasteiger partial charge in [0.1, 0.15) is 0 Å². The summed E-state index contributed by atoms with van der Waals surface area (Å²) in [6.45, 7) is 4.74. The van der Waals surface area contributed by atoms with Crippen LogP contribution >= 0.6 is 11.9 Å². The van der Waals surface area contributed by atoms with Crippen molar-refractivity contribution < 1.29 is 28.2 Å². The van der Waals surface area contributed by atoms with Crippen LogP contribution in [0.5, 0.6) is 0 Å². The number of hydrogen-bond donors (Lipinski definition) is 3. The Morgan fingerprint density at radius 3 is 2.39 bits per heavy atom. The number of aliphatic carboxylic acids is 1. The second-order valence-electron chi connectivity index (χ2n) is 10.3. The van der Waals surface area contributed by atoms with Gasteiger partial charge >= 0.3 is 12.1 Å². The lowest BCUT2D eigenvalue weighted by Gasteiger charge is -2.31. The minimum Gasteiger partial charge on any atom is -0.481 e. The number of nitrogens with zero attached hydrogens (tertiary/aromatic N) is 1. The third-order valence-electron chi connectivity index (χ3n) is 6.45. The van der Waals surface area contributed by atoms with E-state index in [4.69, 9.17) is 5.11 Å². The van der Waals surface area contributed by atoms with Gasteiger partial charge in [-0.05, 0) is 93.3 Å². The maximum absolute atomic E-state index is 13.6. The Morgan fingerprint density at radius 2 is 1.81 bits per heavy atom. The number of rotatable bonds is 12. The van der Waals surface area contributed by atoms with E-state index >= 15 is 0 Å². The Bertz CT molecular complexity index is 1020. The SMILES string of the molecule is CN(C[C@H](O)CNC(C)(C)CC1Cc2ccccc2C1)Sc1ccc(CCC(=O)O)cc1C(F)(F)F. The fraction of sp³-hybridized carbons (Fsp3) is 0.519. The number of nitrogens with one attached hydrogen (secondary N) is 1. The first-order valence-electron chi connectivity index (χ1n) is 12.1. The highest BCUT2D eigenvalue weighted by Gasteiger charge is 2.34. The lowest BCUT2D eigenvalue weighted by Crippen LogP contribution is -2.46. The molecule has 3 rings (SSSR count). The maximum atomic E-state index is 13.6. The number of fused-ring (bicyclic) bond motifs is 1. The van der Waals surface area contributed by atoms with E-state index < -0.39 is 23.8 Å². The Kier molecular flexibility index (Phi) is 9.49. The smallest absolute Gasteiger partial charge is 0.417 e. The monoisotopic (exact) mass is 524 g/mol. The molecule has 5 nitrogen and oxygen atoms in total. The summed E-state index contributed by atoms with van der Waals surface area (Å²) in [6, 6.07) is 12.4. The molecule has 0 fully saturated rings. The quantitative estimate of drug-likeness (QED) is 0.332. The summed E-state index contributed by atoms with van der Waals surface area (Å²) in [6.07, 6.45) is -2.44. The van der Waals surface area contributed by atoms with Crippen molar-refractivity contribution >= 4 is 17.9 Å². The Labute approximate surface area is 215 Å². The zero-order valence-electron chi connectivity index (χ0n) is 20.9. The van der Waals surface area contributed by atoms with E-state index in [0.717, 1.165) is 37.3 Å². The van der Waals surface area contributed by atoms with Gasteiger partial charge in [-0.25, -0.2) is 4.31 Å². The highest BCUT2D eigenvalue weighted by molar-refractivity contribution is 7.97. The number of carboxylic acid groups (broad SMARTS) is 1. The molecular weight excluding hydrogens is 489 g/mol. The van der Waals surface area contributed by atoms with Gasteiger partial charge in [-0.15, -0.1) is 0 Å². The van der Waals surface area contributed by atoms with Crippen LogP contribution in [0.1, 0.15) is 48.9 Å². The van der Waals surface area contributed by atoms with Crippen molar-refractivity contribution in [3.63, 3.8) is 0 Å². The van der Waals surface area contributed by atoms with Gasteiger partial charge < -0.3 is 15.5 Å². The average Bonchev–Trinajstić information content (AvgIpc) is 3.17. The molecule has 0 aliphatic heterocycles. The molecule has 1 aliphatic carbocycles. The van der Waals surface area contributed by atoms with Crippen LogP contribution in [0, 0.1) is 5.92 Å². The zero-order valence-corrected chi connectivity index (χ0v) is 21.8. The summed E-state index contributed by atoms with van der Waals surface area (Å²) in [5.41, 5.74) is 2.16. The predicted octanol–water partition coefficient (Wildman–Crippen LogP) is 5.20. The van der Waals surface area contributed by atoms with Gasteiger partial charge in [0.25, 0.3) is 0 Å². The molecule has 2 aromatic carbocycles. The van der Waals surface area contributed by atoms with Gasteiger partial charge in [0.15, 0.2) is 0 Å². The highest BCUT2D eigenvalue weighted by Crippen LogP contribution is 2.38. The molecule has 198 valence electrons. The number of benzene rings is 2. The van der Waals surface area contributed by atoms with Gasteiger partial charge in [-0.2, -0.15) is 13.2 Å². The number of β-amino-alcohol motifs (C(OH)–C–C–N with tert-alkyl or cyclic N) is 1. The van der Waals surface area contributed by atoms with Crippen molar-refractivity contribution in [1.82, 2.24) is 9.62 Å². The maximum Gasteiger partial charge on any atom is 0.417 e. The average molecular weight is 525 g/mol. The second-order valence-corrected chi connectivity index (χ2v) is 11.5. The number of halogens is 3. The molecule has 0 unspecified atom stereocenters. The Hall–Kier alpha value is -2.07. The molecule has 0 aromatic heterocycles. The van der Waals surface area contributed by atoms with Gasteiger partial charge in [0.05, 0.1) is 11.7 Å².